The normalized spacial score (nSPS) is 23.5. The van der Waals surface area contributed by atoms with Gasteiger partial charge in [0, 0.05) is 38.6 Å². The highest BCUT2D eigenvalue weighted by Crippen LogP contribution is 2.43. The van der Waals surface area contributed by atoms with Crippen molar-refractivity contribution in [2.45, 2.75) is 77.7 Å². The van der Waals surface area contributed by atoms with Crippen LogP contribution in [-0.4, -0.2) is 75.1 Å². The summed E-state index contributed by atoms with van der Waals surface area (Å²) in [7, 11) is 1.57. The SMILES string of the molecule is COc1ccc2cc1OCC(=O)NCCN(CC=C(C)C)CCCC(=O)NCC(CC1CC1)(C(=O)NC1CCC1)C2. The molecule has 4 rings (SSSR count). The molecule has 3 aliphatic rings. The maximum Gasteiger partial charge on any atom is 0.257 e. The van der Waals surface area contributed by atoms with Crippen molar-refractivity contribution in [2.75, 3.05) is 46.4 Å². The van der Waals surface area contributed by atoms with Crippen LogP contribution in [0.1, 0.15) is 70.8 Å². The molecule has 1 heterocycles. The molecule has 2 aliphatic carbocycles. The molecule has 0 aromatic heterocycles. The Morgan fingerprint density at radius 3 is 2.61 bits per heavy atom. The van der Waals surface area contributed by atoms with Gasteiger partial charge in [-0.1, -0.05) is 30.6 Å². The summed E-state index contributed by atoms with van der Waals surface area (Å²) in [5, 5.41) is 9.40. The fraction of sp³-hybridized carbons (Fsp3) is 0.656. The van der Waals surface area contributed by atoms with Gasteiger partial charge in [-0.05, 0) is 82.5 Å². The summed E-state index contributed by atoms with van der Waals surface area (Å²) in [5.74, 6) is 1.27. The van der Waals surface area contributed by atoms with Crippen molar-refractivity contribution in [3.8, 4) is 11.5 Å². The monoisotopic (exact) mass is 568 g/mol. The Kier molecular flexibility index (Phi) is 11.1. The van der Waals surface area contributed by atoms with Crippen molar-refractivity contribution in [1.29, 1.82) is 0 Å². The number of hydrogen-bond donors (Lipinski definition) is 3. The Morgan fingerprint density at radius 1 is 1.12 bits per heavy atom. The van der Waals surface area contributed by atoms with Crippen molar-refractivity contribution in [3.05, 3.63) is 35.4 Å². The van der Waals surface area contributed by atoms with Crippen molar-refractivity contribution in [3.63, 3.8) is 0 Å². The van der Waals surface area contributed by atoms with Crippen LogP contribution in [0.25, 0.3) is 0 Å². The van der Waals surface area contributed by atoms with E-state index in [1.807, 2.05) is 18.2 Å². The van der Waals surface area contributed by atoms with Crippen LogP contribution >= 0.6 is 0 Å². The minimum atomic E-state index is -0.767. The lowest BCUT2D eigenvalue weighted by molar-refractivity contribution is -0.133. The highest BCUT2D eigenvalue weighted by atomic mass is 16.5. The maximum absolute atomic E-state index is 14.0. The lowest BCUT2D eigenvalue weighted by Crippen LogP contribution is -2.53. The number of nitrogens with one attached hydrogen (secondary N) is 3. The zero-order chi connectivity index (χ0) is 29.2. The maximum atomic E-state index is 14.0. The average molecular weight is 569 g/mol. The van der Waals surface area contributed by atoms with Crippen LogP contribution in [0.15, 0.2) is 29.8 Å². The van der Waals surface area contributed by atoms with Gasteiger partial charge < -0.3 is 25.4 Å². The molecular formula is C32H48N4O5. The number of hydrogen-bond acceptors (Lipinski definition) is 6. The Balaban J connectivity index is 1.60. The van der Waals surface area contributed by atoms with Gasteiger partial charge in [-0.3, -0.25) is 19.3 Å². The van der Waals surface area contributed by atoms with Crippen LogP contribution in [-0.2, 0) is 20.8 Å². The topological polar surface area (TPSA) is 109 Å². The minimum Gasteiger partial charge on any atom is -0.493 e. The number of methoxy groups -OCH3 is 1. The average Bonchev–Trinajstić information content (AvgIpc) is 3.74. The number of ether oxygens (including phenoxy) is 2. The molecule has 1 unspecified atom stereocenters. The summed E-state index contributed by atoms with van der Waals surface area (Å²) in [6, 6.07) is 5.86. The molecule has 1 aromatic carbocycles. The predicted molar refractivity (Wildman–Crippen MR) is 159 cm³/mol. The molecule has 0 spiro atoms. The van der Waals surface area contributed by atoms with E-state index in [1.165, 1.54) is 5.57 Å². The zero-order valence-corrected chi connectivity index (χ0v) is 25.1. The second kappa shape index (κ2) is 14.7. The Labute approximate surface area is 244 Å². The first-order chi connectivity index (χ1) is 19.8. The molecule has 0 saturated heterocycles. The van der Waals surface area contributed by atoms with Crippen molar-refractivity contribution >= 4 is 17.7 Å². The lowest BCUT2D eigenvalue weighted by Gasteiger charge is -2.37. The van der Waals surface area contributed by atoms with Gasteiger partial charge in [-0.2, -0.15) is 0 Å². The van der Waals surface area contributed by atoms with E-state index in [9.17, 15) is 14.4 Å². The molecule has 226 valence electrons. The largest absolute Gasteiger partial charge is 0.493 e. The third-order valence-electron chi connectivity index (χ3n) is 8.44. The fourth-order valence-corrected chi connectivity index (χ4v) is 5.53. The summed E-state index contributed by atoms with van der Waals surface area (Å²) in [4.78, 5) is 41.9. The summed E-state index contributed by atoms with van der Waals surface area (Å²) < 4.78 is 11.4. The number of carbonyl (C=O) groups excluding carboxylic acids is 3. The Bertz CT molecular complexity index is 1090. The third kappa shape index (κ3) is 9.48. The molecule has 2 saturated carbocycles. The quantitative estimate of drug-likeness (QED) is 0.436. The number of fused-ring (bicyclic) bond motifs is 2. The van der Waals surface area contributed by atoms with Gasteiger partial charge in [0.05, 0.1) is 12.5 Å². The van der Waals surface area contributed by atoms with Gasteiger partial charge in [0.2, 0.25) is 11.8 Å². The molecule has 9 nitrogen and oxygen atoms in total. The lowest BCUT2D eigenvalue weighted by atomic mass is 9.75. The second-order valence-corrected chi connectivity index (χ2v) is 12.3. The first kappa shape index (κ1) is 30.9. The Morgan fingerprint density at radius 2 is 1.93 bits per heavy atom. The van der Waals surface area contributed by atoms with Crippen molar-refractivity contribution in [1.82, 2.24) is 20.9 Å². The number of benzene rings is 1. The van der Waals surface area contributed by atoms with E-state index in [4.69, 9.17) is 9.47 Å². The molecule has 1 atom stereocenters. The fourth-order valence-electron chi connectivity index (χ4n) is 5.53. The van der Waals surface area contributed by atoms with E-state index in [-0.39, 0.29) is 30.4 Å². The number of nitrogens with zero attached hydrogens (tertiary/aromatic N) is 1. The van der Waals surface area contributed by atoms with E-state index >= 15 is 0 Å². The van der Waals surface area contributed by atoms with E-state index in [0.717, 1.165) is 57.2 Å². The van der Waals surface area contributed by atoms with Crippen molar-refractivity contribution in [2.24, 2.45) is 11.3 Å². The number of rotatable bonds is 7. The summed E-state index contributed by atoms with van der Waals surface area (Å²) >= 11 is 0. The molecule has 3 N–H and O–H groups in total. The highest BCUT2D eigenvalue weighted by Gasteiger charge is 2.44. The van der Waals surface area contributed by atoms with E-state index in [0.29, 0.717) is 56.3 Å². The molecule has 3 amide bonds. The number of amides is 3. The van der Waals surface area contributed by atoms with Gasteiger partial charge in [0.25, 0.3) is 5.91 Å². The van der Waals surface area contributed by atoms with E-state index in [1.54, 1.807) is 7.11 Å². The van der Waals surface area contributed by atoms with Gasteiger partial charge in [-0.15, -0.1) is 0 Å². The van der Waals surface area contributed by atoms with Crippen LogP contribution in [0.5, 0.6) is 11.5 Å². The van der Waals surface area contributed by atoms with Crippen LogP contribution in [0.2, 0.25) is 0 Å². The molecule has 0 radical (unpaired) electrons. The molecular weight excluding hydrogens is 520 g/mol. The van der Waals surface area contributed by atoms with Crippen LogP contribution in [0.3, 0.4) is 0 Å². The molecule has 2 bridgehead atoms. The van der Waals surface area contributed by atoms with E-state index in [2.05, 4.69) is 40.8 Å². The first-order valence-corrected chi connectivity index (χ1v) is 15.3. The highest BCUT2D eigenvalue weighted by molar-refractivity contribution is 5.85. The van der Waals surface area contributed by atoms with Gasteiger partial charge in [-0.25, -0.2) is 0 Å². The van der Waals surface area contributed by atoms with Crippen molar-refractivity contribution < 1.29 is 23.9 Å². The first-order valence-electron chi connectivity index (χ1n) is 15.3. The summed E-state index contributed by atoms with van der Waals surface area (Å²) in [5.41, 5.74) is 1.37. The van der Waals surface area contributed by atoms with Crippen LogP contribution < -0.4 is 25.4 Å². The zero-order valence-electron chi connectivity index (χ0n) is 25.1. The minimum absolute atomic E-state index is 0.0226. The molecule has 41 heavy (non-hydrogen) atoms. The van der Waals surface area contributed by atoms with Gasteiger partial charge in [0.15, 0.2) is 18.1 Å². The third-order valence-corrected chi connectivity index (χ3v) is 8.44. The molecule has 9 heteroatoms. The standard InChI is InChI=1S/C32H48N4O5/c1-23(2)13-16-36-15-5-8-29(37)34-22-32(19-24-9-10-24,31(39)35-26-6-4-7-26)20-25-11-12-27(40-3)28(18-25)41-21-30(38)33-14-17-36/h11-13,18,24,26H,4-10,14-17,19-22H2,1-3H3,(H,33,38)(H,34,37)(H,35,39). The number of carbonyl (C=O) groups is 3. The molecule has 2 fully saturated rings. The summed E-state index contributed by atoms with van der Waals surface area (Å²) in [6.45, 7) is 6.95. The predicted octanol–water partition coefficient (Wildman–Crippen LogP) is 3.37. The molecule has 1 aromatic rings. The smallest absolute Gasteiger partial charge is 0.257 e. The van der Waals surface area contributed by atoms with E-state index < -0.39 is 5.41 Å². The van der Waals surface area contributed by atoms with Gasteiger partial charge >= 0.3 is 0 Å². The summed E-state index contributed by atoms with van der Waals surface area (Å²) in [6.07, 6.45) is 9.80. The second-order valence-electron chi connectivity index (χ2n) is 12.3. The number of allylic oxidation sites excluding steroid dienone is 1. The molecule has 1 aliphatic heterocycles. The Hall–Kier alpha value is -3.07. The van der Waals surface area contributed by atoms with Gasteiger partial charge in [0.1, 0.15) is 0 Å². The van der Waals surface area contributed by atoms with Crippen LogP contribution in [0, 0.1) is 11.3 Å². The van der Waals surface area contributed by atoms with Crippen LogP contribution in [0.4, 0.5) is 0 Å².